The van der Waals surface area contributed by atoms with Crippen molar-refractivity contribution in [1.29, 1.82) is 0 Å². The van der Waals surface area contributed by atoms with Crippen LogP contribution in [0.15, 0.2) is 77.7 Å². The van der Waals surface area contributed by atoms with Crippen molar-refractivity contribution in [2.75, 3.05) is 17.4 Å². The molecule has 0 heterocycles. The summed E-state index contributed by atoms with van der Waals surface area (Å²) in [6, 6.07) is 17.9. The van der Waals surface area contributed by atoms with Gasteiger partial charge in [-0.05, 0) is 69.7 Å². The van der Waals surface area contributed by atoms with Crippen LogP contribution >= 0.6 is 0 Å². The number of carbonyl (C=O) groups is 2. The average molecular weight is 526 g/mol. The number of nitrogens with one attached hydrogen (secondary N) is 1. The highest BCUT2D eigenvalue weighted by Crippen LogP contribution is 2.25. The number of sulfonamides is 1. The summed E-state index contributed by atoms with van der Waals surface area (Å²) < 4.78 is 41.8. The Morgan fingerprint density at radius 3 is 1.97 bits per heavy atom. The molecule has 196 valence electrons. The normalized spacial score (nSPS) is 12.0. The number of amides is 2. The standard InChI is InChI=1S/C28H32FN3O4S/c1-5-30-28(34)22(4)31(18-23-10-6-20(2)7-11-23)27(33)19-32(25-14-8-21(3)9-15-25)37(35,36)26-16-12-24(29)13-17-26/h6-17,22H,5,18-19H2,1-4H3,(H,30,34). The molecule has 9 heteroatoms. The zero-order valence-electron chi connectivity index (χ0n) is 21.4. The van der Waals surface area contributed by atoms with Gasteiger partial charge in [0, 0.05) is 13.1 Å². The molecule has 1 N–H and O–H groups in total. The van der Waals surface area contributed by atoms with Crippen molar-refractivity contribution in [2.45, 2.75) is 45.2 Å². The van der Waals surface area contributed by atoms with Gasteiger partial charge in [0.25, 0.3) is 10.0 Å². The maximum atomic E-state index is 13.7. The van der Waals surface area contributed by atoms with Crippen LogP contribution in [-0.2, 0) is 26.2 Å². The summed E-state index contributed by atoms with van der Waals surface area (Å²) in [6.07, 6.45) is 0. The van der Waals surface area contributed by atoms with E-state index >= 15 is 0 Å². The Kier molecular flexibility index (Phi) is 9.04. The molecule has 3 aromatic rings. The van der Waals surface area contributed by atoms with Gasteiger partial charge < -0.3 is 10.2 Å². The lowest BCUT2D eigenvalue weighted by Crippen LogP contribution is -2.51. The van der Waals surface area contributed by atoms with Crippen LogP contribution in [0.3, 0.4) is 0 Å². The van der Waals surface area contributed by atoms with Crippen molar-refractivity contribution in [2.24, 2.45) is 0 Å². The largest absolute Gasteiger partial charge is 0.355 e. The quantitative estimate of drug-likeness (QED) is 0.430. The molecule has 2 amide bonds. The summed E-state index contributed by atoms with van der Waals surface area (Å²) in [6.45, 7) is 7.18. The maximum Gasteiger partial charge on any atom is 0.264 e. The molecule has 0 fully saturated rings. The number of rotatable bonds is 10. The smallest absolute Gasteiger partial charge is 0.264 e. The van der Waals surface area contributed by atoms with E-state index in [1.54, 1.807) is 38.1 Å². The Balaban J connectivity index is 2.01. The van der Waals surface area contributed by atoms with Crippen LogP contribution < -0.4 is 9.62 Å². The molecule has 7 nitrogen and oxygen atoms in total. The average Bonchev–Trinajstić information content (AvgIpc) is 2.87. The van der Waals surface area contributed by atoms with Gasteiger partial charge in [-0.1, -0.05) is 47.5 Å². The van der Waals surface area contributed by atoms with Crippen molar-refractivity contribution in [3.8, 4) is 0 Å². The van der Waals surface area contributed by atoms with Gasteiger partial charge in [-0.3, -0.25) is 13.9 Å². The Morgan fingerprint density at radius 1 is 0.892 bits per heavy atom. The van der Waals surface area contributed by atoms with E-state index in [1.807, 2.05) is 38.1 Å². The fraction of sp³-hybridized carbons (Fsp3) is 0.286. The summed E-state index contributed by atoms with van der Waals surface area (Å²) in [5.41, 5.74) is 3.05. The Morgan fingerprint density at radius 2 is 1.43 bits per heavy atom. The monoisotopic (exact) mass is 525 g/mol. The number of aryl methyl sites for hydroxylation is 2. The first-order chi connectivity index (χ1) is 17.5. The van der Waals surface area contributed by atoms with E-state index < -0.39 is 34.3 Å². The minimum Gasteiger partial charge on any atom is -0.355 e. The van der Waals surface area contributed by atoms with Gasteiger partial charge in [0.1, 0.15) is 18.4 Å². The fourth-order valence-electron chi connectivity index (χ4n) is 3.77. The van der Waals surface area contributed by atoms with Gasteiger partial charge in [0.15, 0.2) is 0 Å². The summed E-state index contributed by atoms with van der Waals surface area (Å²) in [5.74, 6) is -1.46. The van der Waals surface area contributed by atoms with Gasteiger partial charge in [-0.25, -0.2) is 12.8 Å². The molecule has 0 aliphatic heterocycles. The van der Waals surface area contributed by atoms with E-state index in [9.17, 15) is 22.4 Å². The fourth-order valence-corrected chi connectivity index (χ4v) is 5.18. The number of likely N-dealkylation sites (N-methyl/N-ethyl adjacent to an activating group) is 1. The first kappa shape index (κ1) is 27.9. The Hall–Kier alpha value is -3.72. The van der Waals surface area contributed by atoms with Gasteiger partial charge in [-0.15, -0.1) is 0 Å². The SMILES string of the molecule is CCNC(=O)C(C)N(Cc1ccc(C)cc1)C(=O)CN(c1ccc(C)cc1)S(=O)(=O)c1ccc(F)cc1. The van der Waals surface area contributed by atoms with Crippen LogP contribution in [0.25, 0.3) is 0 Å². The molecule has 0 bridgehead atoms. The Bertz CT molecular complexity index is 1330. The molecule has 3 rings (SSSR count). The summed E-state index contributed by atoms with van der Waals surface area (Å²) in [7, 11) is -4.23. The molecule has 0 aromatic heterocycles. The number of nitrogens with zero attached hydrogens (tertiary/aromatic N) is 2. The van der Waals surface area contributed by atoms with Gasteiger partial charge in [-0.2, -0.15) is 0 Å². The number of benzene rings is 3. The molecule has 0 radical (unpaired) electrons. The number of carbonyl (C=O) groups excluding carboxylic acids is 2. The van der Waals surface area contributed by atoms with Gasteiger partial charge in [0.05, 0.1) is 10.6 Å². The second-order valence-electron chi connectivity index (χ2n) is 8.88. The minimum atomic E-state index is -4.23. The van der Waals surface area contributed by atoms with Crippen molar-refractivity contribution in [1.82, 2.24) is 10.2 Å². The maximum absolute atomic E-state index is 13.7. The van der Waals surface area contributed by atoms with Gasteiger partial charge >= 0.3 is 0 Å². The molecule has 0 saturated carbocycles. The topological polar surface area (TPSA) is 86.8 Å². The highest BCUT2D eigenvalue weighted by Gasteiger charge is 2.32. The molecule has 0 spiro atoms. The number of anilines is 1. The molecule has 0 aliphatic rings. The van der Waals surface area contributed by atoms with Crippen molar-refractivity contribution >= 4 is 27.5 Å². The van der Waals surface area contributed by atoms with E-state index in [2.05, 4.69) is 5.32 Å². The molecule has 0 aliphatic carbocycles. The lowest BCUT2D eigenvalue weighted by Gasteiger charge is -2.32. The first-order valence-electron chi connectivity index (χ1n) is 12.0. The van der Waals surface area contributed by atoms with Crippen LogP contribution in [0.1, 0.15) is 30.5 Å². The van der Waals surface area contributed by atoms with Crippen LogP contribution in [0.4, 0.5) is 10.1 Å². The minimum absolute atomic E-state index is 0.121. The molecular formula is C28H32FN3O4S. The lowest BCUT2D eigenvalue weighted by atomic mass is 10.1. The number of hydrogen-bond acceptors (Lipinski definition) is 4. The highest BCUT2D eigenvalue weighted by molar-refractivity contribution is 7.92. The van der Waals surface area contributed by atoms with Crippen molar-refractivity contribution in [3.05, 3.63) is 95.3 Å². The summed E-state index contributed by atoms with van der Waals surface area (Å²) in [4.78, 5) is 27.7. The zero-order valence-corrected chi connectivity index (χ0v) is 22.3. The predicted molar refractivity (Wildman–Crippen MR) is 142 cm³/mol. The summed E-state index contributed by atoms with van der Waals surface area (Å²) in [5, 5.41) is 2.73. The zero-order chi connectivity index (χ0) is 27.2. The molecule has 1 atom stereocenters. The Labute approximate surface area is 218 Å². The number of halogens is 1. The molecule has 1 unspecified atom stereocenters. The first-order valence-corrected chi connectivity index (χ1v) is 13.4. The third-order valence-electron chi connectivity index (χ3n) is 5.99. The van der Waals surface area contributed by atoms with Crippen molar-refractivity contribution in [3.63, 3.8) is 0 Å². The van der Waals surface area contributed by atoms with E-state index in [1.165, 1.54) is 4.90 Å². The van der Waals surface area contributed by atoms with E-state index in [0.717, 1.165) is 45.3 Å². The number of hydrogen-bond donors (Lipinski definition) is 1. The molecule has 3 aromatic carbocycles. The predicted octanol–water partition coefficient (Wildman–Crippen LogP) is 4.19. The molecule has 0 saturated heterocycles. The van der Waals surface area contributed by atoms with E-state index in [0.29, 0.717) is 6.54 Å². The highest BCUT2D eigenvalue weighted by atomic mass is 32.2. The van der Waals surface area contributed by atoms with Gasteiger partial charge in [0.2, 0.25) is 11.8 Å². The second-order valence-corrected chi connectivity index (χ2v) is 10.7. The van der Waals surface area contributed by atoms with E-state index in [4.69, 9.17) is 0 Å². The van der Waals surface area contributed by atoms with Crippen LogP contribution in [0.5, 0.6) is 0 Å². The van der Waals surface area contributed by atoms with Crippen molar-refractivity contribution < 1.29 is 22.4 Å². The van der Waals surface area contributed by atoms with Crippen LogP contribution in [-0.4, -0.2) is 44.3 Å². The van der Waals surface area contributed by atoms with Crippen LogP contribution in [0.2, 0.25) is 0 Å². The lowest BCUT2D eigenvalue weighted by molar-refractivity contribution is -0.139. The summed E-state index contributed by atoms with van der Waals surface area (Å²) >= 11 is 0. The van der Waals surface area contributed by atoms with E-state index in [-0.39, 0.29) is 23.0 Å². The third kappa shape index (κ3) is 6.95. The molecular weight excluding hydrogens is 493 g/mol. The third-order valence-corrected chi connectivity index (χ3v) is 7.78. The second kappa shape index (κ2) is 12.0. The molecule has 37 heavy (non-hydrogen) atoms. The van der Waals surface area contributed by atoms with Crippen LogP contribution in [0, 0.1) is 19.7 Å².